The third-order valence-corrected chi connectivity index (χ3v) is 6.60. The highest BCUT2D eigenvalue weighted by Crippen LogP contribution is 2.45. The number of hydrogen-bond acceptors (Lipinski definition) is 4. The number of hydrogen-bond donors (Lipinski definition) is 1. The van der Waals surface area contributed by atoms with E-state index < -0.39 is 0 Å². The minimum absolute atomic E-state index is 0.240. The molecule has 1 amide bonds. The van der Waals surface area contributed by atoms with Crippen LogP contribution in [0.3, 0.4) is 0 Å². The number of carbonyl (C=O) groups is 1. The zero-order chi connectivity index (χ0) is 19.1. The summed E-state index contributed by atoms with van der Waals surface area (Å²) >= 11 is 0. The number of likely N-dealkylation sites (tertiary alicyclic amines) is 1. The largest absolute Gasteiger partial charge is 0.348 e. The van der Waals surface area contributed by atoms with Crippen LogP contribution < -0.4 is 0 Å². The molecule has 1 N–H and O–H groups in total. The first kappa shape index (κ1) is 17.4. The van der Waals surface area contributed by atoms with Crippen LogP contribution in [0.5, 0.6) is 0 Å². The van der Waals surface area contributed by atoms with E-state index >= 15 is 0 Å². The highest BCUT2D eigenvalue weighted by molar-refractivity contribution is 5.82. The number of rotatable bonds is 3. The van der Waals surface area contributed by atoms with Gasteiger partial charge in [-0.1, -0.05) is 12.1 Å². The topological polar surface area (TPSA) is 76.0 Å². The first-order valence-electron chi connectivity index (χ1n) is 10.3. The SMILES string of the molecule is N#Cc1cccc(CN2CCC3(CC2)c2nc[nH]c2CCN3C(=O)C2CC2)c1. The smallest absolute Gasteiger partial charge is 0.226 e. The van der Waals surface area contributed by atoms with Crippen LogP contribution in [-0.4, -0.2) is 45.3 Å². The number of aromatic nitrogens is 2. The molecule has 1 aromatic heterocycles. The number of imidazole rings is 1. The van der Waals surface area contributed by atoms with Crippen molar-refractivity contribution in [1.82, 2.24) is 19.8 Å². The van der Waals surface area contributed by atoms with Crippen LogP contribution in [0.1, 0.15) is 48.2 Å². The molecule has 3 heterocycles. The summed E-state index contributed by atoms with van der Waals surface area (Å²) in [7, 11) is 0. The molecular formula is C22H25N5O. The normalized spacial score (nSPS) is 21.3. The average molecular weight is 375 g/mol. The van der Waals surface area contributed by atoms with E-state index in [0.717, 1.165) is 64.0 Å². The van der Waals surface area contributed by atoms with E-state index in [1.807, 2.05) is 18.2 Å². The number of nitrogens with zero attached hydrogens (tertiary/aromatic N) is 4. The van der Waals surface area contributed by atoms with Crippen molar-refractivity contribution in [2.45, 2.75) is 44.2 Å². The lowest BCUT2D eigenvalue weighted by Gasteiger charge is -2.50. The zero-order valence-electron chi connectivity index (χ0n) is 16.0. The zero-order valence-corrected chi connectivity index (χ0v) is 16.0. The monoisotopic (exact) mass is 375 g/mol. The number of nitrogens with one attached hydrogen (secondary N) is 1. The Kier molecular flexibility index (Phi) is 4.21. The summed E-state index contributed by atoms with van der Waals surface area (Å²) in [6.45, 7) is 3.50. The minimum Gasteiger partial charge on any atom is -0.348 e. The van der Waals surface area contributed by atoms with E-state index in [9.17, 15) is 4.79 Å². The van der Waals surface area contributed by atoms with Gasteiger partial charge in [0.1, 0.15) is 0 Å². The molecule has 2 fully saturated rings. The maximum Gasteiger partial charge on any atom is 0.226 e. The van der Waals surface area contributed by atoms with Gasteiger partial charge in [0.05, 0.1) is 29.2 Å². The Bertz CT molecular complexity index is 930. The fourth-order valence-electron chi connectivity index (χ4n) is 4.94. The lowest BCUT2D eigenvalue weighted by atomic mass is 9.78. The lowest BCUT2D eigenvalue weighted by molar-refractivity contribution is -0.143. The number of amides is 1. The summed E-state index contributed by atoms with van der Waals surface area (Å²) in [5.74, 6) is 0.577. The standard InChI is InChI=1S/C22H25N5O/c23-13-16-2-1-3-17(12-16)14-26-10-7-22(8-11-26)20-19(24-15-25-20)6-9-27(22)21(28)18-4-5-18/h1-3,12,15,18H,4-11,14H2,(H,24,25). The van der Waals surface area contributed by atoms with Crippen molar-refractivity contribution in [3.05, 3.63) is 53.1 Å². The molecule has 0 bridgehead atoms. The molecule has 2 aromatic rings. The van der Waals surface area contributed by atoms with Crippen molar-refractivity contribution >= 4 is 5.91 Å². The van der Waals surface area contributed by atoms with Gasteiger partial charge in [0.2, 0.25) is 5.91 Å². The number of benzene rings is 1. The van der Waals surface area contributed by atoms with Gasteiger partial charge in [0.15, 0.2) is 0 Å². The van der Waals surface area contributed by atoms with E-state index in [4.69, 9.17) is 5.26 Å². The van der Waals surface area contributed by atoms with E-state index in [2.05, 4.69) is 31.9 Å². The number of carbonyl (C=O) groups excluding carboxylic acids is 1. The Balaban J connectivity index is 1.36. The van der Waals surface area contributed by atoms with Crippen molar-refractivity contribution in [1.29, 1.82) is 5.26 Å². The van der Waals surface area contributed by atoms with E-state index in [1.165, 1.54) is 11.3 Å². The molecular weight excluding hydrogens is 350 g/mol. The molecule has 6 heteroatoms. The molecule has 1 aromatic carbocycles. The van der Waals surface area contributed by atoms with Crippen molar-refractivity contribution in [3.8, 4) is 6.07 Å². The third-order valence-electron chi connectivity index (χ3n) is 6.60. The first-order valence-corrected chi connectivity index (χ1v) is 10.3. The van der Waals surface area contributed by atoms with Gasteiger partial charge in [-0.3, -0.25) is 9.69 Å². The fraction of sp³-hybridized carbons (Fsp3) is 0.500. The van der Waals surface area contributed by atoms with Crippen LogP contribution in [0.25, 0.3) is 0 Å². The number of nitriles is 1. The van der Waals surface area contributed by atoms with Crippen molar-refractivity contribution in [2.75, 3.05) is 19.6 Å². The van der Waals surface area contributed by atoms with Gasteiger partial charge < -0.3 is 9.88 Å². The summed E-state index contributed by atoms with van der Waals surface area (Å²) in [6, 6.07) is 10.1. The van der Waals surface area contributed by atoms with Gasteiger partial charge >= 0.3 is 0 Å². The Morgan fingerprint density at radius 3 is 2.86 bits per heavy atom. The molecule has 2 aliphatic heterocycles. The maximum atomic E-state index is 13.1. The number of piperidine rings is 1. The van der Waals surface area contributed by atoms with Crippen LogP contribution in [0.2, 0.25) is 0 Å². The summed E-state index contributed by atoms with van der Waals surface area (Å²) < 4.78 is 0. The highest BCUT2D eigenvalue weighted by atomic mass is 16.2. The molecule has 1 aliphatic carbocycles. The lowest BCUT2D eigenvalue weighted by Crippen LogP contribution is -2.58. The fourth-order valence-corrected chi connectivity index (χ4v) is 4.94. The molecule has 144 valence electrons. The maximum absolute atomic E-state index is 13.1. The third kappa shape index (κ3) is 2.91. The van der Waals surface area contributed by atoms with Gasteiger partial charge in [-0.15, -0.1) is 0 Å². The second-order valence-electron chi connectivity index (χ2n) is 8.36. The van der Waals surface area contributed by atoms with Crippen molar-refractivity contribution in [2.24, 2.45) is 5.92 Å². The number of aromatic amines is 1. The molecule has 6 nitrogen and oxygen atoms in total. The Morgan fingerprint density at radius 2 is 2.11 bits per heavy atom. The first-order chi connectivity index (χ1) is 13.7. The van der Waals surface area contributed by atoms with Crippen LogP contribution in [0.15, 0.2) is 30.6 Å². The van der Waals surface area contributed by atoms with Crippen LogP contribution in [0.4, 0.5) is 0 Å². The average Bonchev–Trinajstić information content (AvgIpc) is 3.47. The highest BCUT2D eigenvalue weighted by Gasteiger charge is 2.50. The van der Waals surface area contributed by atoms with E-state index in [0.29, 0.717) is 11.5 Å². The van der Waals surface area contributed by atoms with Gasteiger partial charge in [-0.05, 0) is 43.4 Å². The Labute approximate surface area is 165 Å². The van der Waals surface area contributed by atoms with E-state index in [1.54, 1.807) is 6.33 Å². The van der Waals surface area contributed by atoms with Gasteiger partial charge in [0.25, 0.3) is 0 Å². The molecule has 1 saturated heterocycles. The predicted molar refractivity (Wildman–Crippen MR) is 104 cm³/mol. The van der Waals surface area contributed by atoms with Crippen molar-refractivity contribution < 1.29 is 4.79 Å². The predicted octanol–water partition coefficient (Wildman–Crippen LogP) is 2.57. The number of fused-ring (bicyclic) bond motifs is 2. The second kappa shape index (κ2) is 6.75. The summed E-state index contributed by atoms with van der Waals surface area (Å²) in [5, 5.41) is 9.13. The number of H-pyrrole nitrogens is 1. The van der Waals surface area contributed by atoms with Gasteiger partial charge in [0, 0.05) is 44.2 Å². The minimum atomic E-state index is -0.252. The Hall–Kier alpha value is -2.65. The summed E-state index contributed by atoms with van der Waals surface area (Å²) in [5.41, 5.74) is 3.93. The molecule has 1 saturated carbocycles. The molecule has 0 radical (unpaired) electrons. The van der Waals surface area contributed by atoms with Gasteiger partial charge in [-0.2, -0.15) is 5.26 Å². The summed E-state index contributed by atoms with van der Waals surface area (Å²) in [6.07, 6.45) is 6.58. The summed E-state index contributed by atoms with van der Waals surface area (Å²) in [4.78, 5) is 25.6. The molecule has 1 spiro atoms. The molecule has 5 rings (SSSR count). The van der Waals surface area contributed by atoms with Crippen LogP contribution in [0, 0.1) is 17.2 Å². The molecule has 0 unspecified atom stereocenters. The van der Waals surface area contributed by atoms with E-state index in [-0.39, 0.29) is 11.5 Å². The Morgan fingerprint density at radius 1 is 1.29 bits per heavy atom. The quantitative estimate of drug-likeness (QED) is 0.895. The molecule has 28 heavy (non-hydrogen) atoms. The molecule has 3 aliphatic rings. The van der Waals surface area contributed by atoms with Gasteiger partial charge in [-0.25, -0.2) is 4.98 Å². The van der Waals surface area contributed by atoms with Crippen LogP contribution >= 0.6 is 0 Å². The van der Waals surface area contributed by atoms with Crippen LogP contribution in [-0.2, 0) is 23.3 Å². The van der Waals surface area contributed by atoms with Crippen molar-refractivity contribution in [3.63, 3.8) is 0 Å². The molecule has 0 atom stereocenters. The second-order valence-corrected chi connectivity index (χ2v) is 8.36.